The summed E-state index contributed by atoms with van der Waals surface area (Å²) >= 11 is 6.13. The number of piperidine rings is 1. The molecule has 1 saturated heterocycles. The van der Waals surface area contributed by atoms with Crippen LogP contribution in [0, 0.1) is 5.92 Å². The maximum atomic E-state index is 12.6. The zero-order valence-corrected chi connectivity index (χ0v) is 18.8. The predicted octanol–water partition coefficient (Wildman–Crippen LogP) is 5.68. The first-order valence-corrected chi connectivity index (χ1v) is 11.3. The molecule has 3 rings (SSSR count). The van der Waals surface area contributed by atoms with Gasteiger partial charge in [-0.05, 0) is 56.0 Å². The summed E-state index contributed by atoms with van der Waals surface area (Å²) in [6.45, 7) is 5.44. The van der Waals surface area contributed by atoms with Crippen LogP contribution in [0.25, 0.3) is 0 Å². The highest BCUT2D eigenvalue weighted by Crippen LogP contribution is 2.32. The topological polar surface area (TPSA) is 70.7 Å². The Hall–Kier alpha value is -2.73. The monoisotopic (exact) mass is 443 g/mol. The highest BCUT2D eigenvalue weighted by atomic mass is 35.5. The number of hydrogen-bond donors (Lipinski definition) is 2. The maximum Gasteiger partial charge on any atom is 0.319 e. The summed E-state index contributed by atoms with van der Waals surface area (Å²) in [6.07, 6.45) is 3.20. The minimum atomic E-state index is -0.315. The number of nitrogens with one attached hydrogen (secondary N) is 2. The number of carbonyl (C=O) groups excluding carboxylic acids is 2. The first kappa shape index (κ1) is 22.9. The van der Waals surface area contributed by atoms with Gasteiger partial charge in [0.1, 0.15) is 5.75 Å². The second-order valence-electron chi connectivity index (χ2n) is 7.77. The van der Waals surface area contributed by atoms with Crippen LogP contribution in [0.15, 0.2) is 48.5 Å². The van der Waals surface area contributed by atoms with Gasteiger partial charge in [0.05, 0.1) is 5.69 Å². The van der Waals surface area contributed by atoms with Crippen molar-refractivity contribution in [2.75, 3.05) is 18.4 Å². The molecule has 1 heterocycles. The number of urea groups is 1. The van der Waals surface area contributed by atoms with E-state index in [2.05, 4.69) is 24.5 Å². The Morgan fingerprint density at radius 1 is 1.10 bits per heavy atom. The molecule has 2 aromatic carbocycles. The second kappa shape index (κ2) is 11.0. The number of likely N-dealkylation sites (tertiary alicyclic amines) is 1. The lowest BCUT2D eigenvalue weighted by Crippen LogP contribution is -2.48. The Bertz CT molecular complexity index is 879. The molecule has 0 bridgehead atoms. The van der Waals surface area contributed by atoms with Gasteiger partial charge in [0.15, 0.2) is 5.75 Å². The average Bonchev–Trinajstić information content (AvgIpc) is 2.77. The molecule has 0 saturated carbocycles. The molecule has 0 spiro atoms. The van der Waals surface area contributed by atoms with E-state index in [0.717, 1.165) is 25.7 Å². The van der Waals surface area contributed by atoms with Gasteiger partial charge in [0.2, 0.25) is 5.91 Å². The molecular weight excluding hydrogens is 414 g/mol. The fraction of sp³-hybridized carbons (Fsp3) is 0.417. The summed E-state index contributed by atoms with van der Waals surface area (Å²) in [5, 5.41) is 6.36. The number of ether oxygens (including phenoxy) is 1. The quantitative estimate of drug-likeness (QED) is 0.578. The standard InChI is InChI=1S/C24H30ClN3O3/c1-3-17(4-2)23(29)28-14-12-19(13-15-28)26-24(30)27-21-16-18(25)10-11-22(21)31-20-8-6-5-7-9-20/h5-11,16-17,19H,3-4,12-15H2,1-2H3,(H2,26,27,30). The van der Waals surface area contributed by atoms with Gasteiger partial charge >= 0.3 is 6.03 Å². The highest BCUT2D eigenvalue weighted by molar-refractivity contribution is 6.31. The molecule has 2 N–H and O–H groups in total. The van der Waals surface area contributed by atoms with Crippen LogP contribution in [-0.4, -0.2) is 36.0 Å². The molecule has 0 aromatic heterocycles. The van der Waals surface area contributed by atoms with Gasteiger partial charge in [-0.3, -0.25) is 4.79 Å². The van der Waals surface area contributed by atoms with Crippen LogP contribution in [-0.2, 0) is 4.79 Å². The number of para-hydroxylation sites is 1. The summed E-state index contributed by atoms with van der Waals surface area (Å²) in [5.74, 6) is 1.51. The molecule has 1 aliphatic rings. The van der Waals surface area contributed by atoms with Gasteiger partial charge in [0.25, 0.3) is 0 Å². The molecule has 1 fully saturated rings. The van der Waals surface area contributed by atoms with Gasteiger partial charge < -0.3 is 20.3 Å². The fourth-order valence-electron chi connectivity index (χ4n) is 3.79. The number of carbonyl (C=O) groups is 2. The van der Waals surface area contributed by atoms with Crippen molar-refractivity contribution >= 4 is 29.2 Å². The van der Waals surface area contributed by atoms with Crippen molar-refractivity contribution in [1.29, 1.82) is 0 Å². The van der Waals surface area contributed by atoms with Gasteiger partial charge in [-0.25, -0.2) is 4.79 Å². The molecule has 0 atom stereocenters. The van der Waals surface area contributed by atoms with Crippen LogP contribution in [0.3, 0.4) is 0 Å². The summed E-state index contributed by atoms with van der Waals surface area (Å²) in [6, 6.07) is 14.2. The number of rotatable bonds is 7. The molecule has 7 heteroatoms. The van der Waals surface area contributed by atoms with Gasteiger partial charge in [0, 0.05) is 30.1 Å². The van der Waals surface area contributed by atoms with E-state index >= 15 is 0 Å². The number of nitrogens with zero attached hydrogens (tertiary/aromatic N) is 1. The van der Waals surface area contributed by atoms with Crippen LogP contribution in [0.2, 0.25) is 5.02 Å². The number of halogens is 1. The van der Waals surface area contributed by atoms with Gasteiger partial charge in [-0.1, -0.05) is 43.6 Å². The number of hydrogen-bond acceptors (Lipinski definition) is 3. The van der Waals surface area contributed by atoms with E-state index in [0.29, 0.717) is 35.3 Å². The van der Waals surface area contributed by atoms with E-state index in [4.69, 9.17) is 16.3 Å². The lowest BCUT2D eigenvalue weighted by molar-refractivity contribution is -0.136. The third-order valence-electron chi connectivity index (χ3n) is 5.64. The number of benzene rings is 2. The molecule has 2 aromatic rings. The molecule has 31 heavy (non-hydrogen) atoms. The molecule has 3 amide bonds. The largest absolute Gasteiger partial charge is 0.455 e. The predicted molar refractivity (Wildman–Crippen MR) is 124 cm³/mol. The Morgan fingerprint density at radius 2 is 1.77 bits per heavy atom. The Kier molecular flexibility index (Phi) is 8.18. The van der Waals surface area contributed by atoms with E-state index in [1.807, 2.05) is 35.2 Å². The van der Waals surface area contributed by atoms with Gasteiger partial charge in [-0.15, -0.1) is 0 Å². The summed E-state index contributed by atoms with van der Waals surface area (Å²) in [4.78, 5) is 27.1. The average molecular weight is 444 g/mol. The molecule has 1 aliphatic heterocycles. The number of amides is 3. The van der Waals surface area contributed by atoms with Crippen LogP contribution in [0.4, 0.5) is 10.5 Å². The van der Waals surface area contributed by atoms with Crippen LogP contribution in [0.5, 0.6) is 11.5 Å². The lowest BCUT2D eigenvalue weighted by Gasteiger charge is -2.34. The van der Waals surface area contributed by atoms with Crippen LogP contribution >= 0.6 is 11.6 Å². The SMILES string of the molecule is CCC(CC)C(=O)N1CCC(NC(=O)Nc2cc(Cl)ccc2Oc2ccccc2)CC1. The normalized spacial score (nSPS) is 14.4. The van der Waals surface area contributed by atoms with Crippen molar-refractivity contribution in [3.8, 4) is 11.5 Å². The summed E-state index contributed by atoms with van der Waals surface area (Å²) < 4.78 is 5.89. The highest BCUT2D eigenvalue weighted by Gasteiger charge is 2.27. The second-order valence-corrected chi connectivity index (χ2v) is 8.20. The molecule has 0 radical (unpaired) electrons. The summed E-state index contributed by atoms with van der Waals surface area (Å²) in [5.41, 5.74) is 0.496. The van der Waals surface area contributed by atoms with Crippen LogP contribution in [0.1, 0.15) is 39.5 Å². The minimum Gasteiger partial charge on any atom is -0.455 e. The van der Waals surface area contributed by atoms with Crippen molar-refractivity contribution in [2.45, 2.75) is 45.6 Å². The zero-order valence-electron chi connectivity index (χ0n) is 18.1. The minimum absolute atomic E-state index is 0.0171. The maximum absolute atomic E-state index is 12.6. The first-order chi connectivity index (χ1) is 15.0. The third kappa shape index (κ3) is 6.37. The Balaban J connectivity index is 1.56. The van der Waals surface area contributed by atoms with Crippen LogP contribution < -0.4 is 15.4 Å². The van der Waals surface area contributed by atoms with Crippen molar-refractivity contribution in [1.82, 2.24) is 10.2 Å². The molecule has 166 valence electrons. The molecular formula is C24H30ClN3O3. The van der Waals surface area contributed by atoms with Crippen molar-refractivity contribution < 1.29 is 14.3 Å². The molecule has 6 nitrogen and oxygen atoms in total. The molecule has 0 unspecified atom stereocenters. The van der Waals surface area contributed by atoms with Crippen molar-refractivity contribution in [2.24, 2.45) is 5.92 Å². The Morgan fingerprint density at radius 3 is 2.42 bits per heavy atom. The Labute approximate surface area is 188 Å². The van der Waals surface area contributed by atoms with E-state index in [9.17, 15) is 9.59 Å². The van der Waals surface area contributed by atoms with Gasteiger partial charge in [-0.2, -0.15) is 0 Å². The van der Waals surface area contributed by atoms with E-state index < -0.39 is 0 Å². The molecule has 0 aliphatic carbocycles. The zero-order chi connectivity index (χ0) is 22.2. The van der Waals surface area contributed by atoms with Crippen molar-refractivity contribution in [3.63, 3.8) is 0 Å². The number of anilines is 1. The fourth-order valence-corrected chi connectivity index (χ4v) is 3.96. The third-order valence-corrected chi connectivity index (χ3v) is 5.87. The van der Waals surface area contributed by atoms with E-state index in [1.54, 1.807) is 18.2 Å². The van der Waals surface area contributed by atoms with E-state index in [1.165, 1.54) is 0 Å². The van der Waals surface area contributed by atoms with E-state index in [-0.39, 0.29) is 23.9 Å². The lowest BCUT2D eigenvalue weighted by atomic mass is 9.98. The smallest absolute Gasteiger partial charge is 0.319 e. The van der Waals surface area contributed by atoms with Crippen molar-refractivity contribution in [3.05, 3.63) is 53.6 Å². The first-order valence-electron chi connectivity index (χ1n) is 10.9. The summed E-state index contributed by atoms with van der Waals surface area (Å²) in [7, 11) is 0.